The summed E-state index contributed by atoms with van der Waals surface area (Å²) in [6.45, 7) is 0.247. The van der Waals surface area contributed by atoms with Crippen molar-refractivity contribution < 1.29 is 33.5 Å². The number of rotatable bonds is 8. The van der Waals surface area contributed by atoms with E-state index >= 15 is 0 Å². The van der Waals surface area contributed by atoms with Gasteiger partial charge in [0.15, 0.2) is 22.9 Å². The number of fused-ring (bicyclic) bond motifs is 4. The molecule has 0 radical (unpaired) electrons. The van der Waals surface area contributed by atoms with E-state index in [-0.39, 0.29) is 54.6 Å². The summed E-state index contributed by atoms with van der Waals surface area (Å²) in [6, 6.07) is 23.5. The number of aromatic nitrogens is 2. The lowest BCUT2D eigenvalue weighted by Crippen LogP contribution is -2.66. The molecule has 0 bridgehead atoms. The normalized spacial score (nSPS) is 23.7. The van der Waals surface area contributed by atoms with Gasteiger partial charge in [0, 0.05) is 29.4 Å². The van der Waals surface area contributed by atoms with Crippen molar-refractivity contribution in [3.8, 4) is 22.8 Å². The maximum absolute atomic E-state index is 14.7. The summed E-state index contributed by atoms with van der Waals surface area (Å²) in [5, 5.41) is 16.9. The van der Waals surface area contributed by atoms with E-state index in [4.69, 9.17) is 25.6 Å². The Morgan fingerprint density at radius 3 is 2.27 bits per heavy atom. The molecule has 3 aliphatic rings. The summed E-state index contributed by atoms with van der Waals surface area (Å²) >= 11 is 7.12. The minimum atomic E-state index is -2.53. The second kappa shape index (κ2) is 12.9. The molecule has 1 N–H and O–H groups in total. The van der Waals surface area contributed by atoms with E-state index in [1.165, 1.54) is 0 Å². The van der Waals surface area contributed by atoms with Crippen molar-refractivity contribution in [2.24, 2.45) is 17.8 Å². The zero-order valence-electron chi connectivity index (χ0n) is 27.9. The molecule has 2 heterocycles. The number of hydrogen-bond acceptors (Lipinski definition) is 10. The fourth-order valence-corrected chi connectivity index (χ4v) is 8.41. The van der Waals surface area contributed by atoms with Gasteiger partial charge in [-0.1, -0.05) is 78.3 Å². The molecule has 1 fully saturated rings. The molecule has 1 saturated carbocycles. The Balaban J connectivity index is 1.20. The van der Waals surface area contributed by atoms with Crippen LogP contribution in [0.5, 0.6) is 11.6 Å². The molecular weight excluding hydrogens is 670 g/mol. The number of ketones is 3. The van der Waals surface area contributed by atoms with Crippen LogP contribution < -0.4 is 9.47 Å². The summed E-state index contributed by atoms with van der Waals surface area (Å²) < 4.78 is 18.0. The van der Waals surface area contributed by atoms with Crippen molar-refractivity contribution in [2.75, 3.05) is 14.1 Å². The third-order valence-corrected chi connectivity index (χ3v) is 10.9. The van der Waals surface area contributed by atoms with Crippen LogP contribution in [0.3, 0.4) is 0 Å². The van der Waals surface area contributed by atoms with Crippen molar-refractivity contribution in [2.45, 2.75) is 37.7 Å². The smallest absolute Gasteiger partial charge is 0.265 e. The Kier molecular flexibility index (Phi) is 8.33. The van der Waals surface area contributed by atoms with Crippen LogP contribution in [0.1, 0.15) is 55.6 Å². The van der Waals surface area contributed by atoms with Crippen LogP contribution in [0.4, 0.5) is 0 Å². The van der Waals surface area contributed by atoms with Gasteiger partial charge in [-0.15, -0.1) is 0 Å². The lowest BCUT2D eigenvalue weighted by Gasteiger charge is -2.51. The topological polar surface area (TPSA) is 132 Å². The number of carbonyl (C=O) groups excluding carboxylic acids is 3. The van der Waals surface area contributed by atoms with Crippen molar-refractivity contribution >= 4 is 29.0 Å². The van der Waals surface area contributed by atoms with E-state index < -0.39 is 46.7 Å². The van der Waals surface area contributed by atoms with Gasteiger partial charge >= 0.3 is 0 Å². The van der Waals surface area contributed by atoms with Crippen LogP contribution in [0.2, 0.25) is 5.02 Å². The molecule has 3 aliphatic carbocycles. The van der Waals surface area contributed by atoms with E-state index in [9.17, 15) is 19.5 Å². The average molecular weight is 704 g/mol. The first-order valence-electron chi connectivity index (χ1n) is 16.8. The zero-order valence-corrected chi connectivity index (χ0v) is 28.7. The lowest BCUT2D eigenvalue weighted by molar-refractivity contribution is -0.153. The number of ether oxygens (including phenoxy) is 2. The van der Waals surface area contributed by atoms with E-state index in [1.54, 1.807) is 43.5 Å². The minimum Gasteiger partial charge on any atom is -0.488 e. The maximum Gasteiger partial charge on any atom is 0.265 e. The Morgan fingerprint density at radius 2 is 1.63 bits per heavy atom. The van der Waals surface area contributed by atoms with Crippen LogP contribution in [0.15, 0.2) is 95.8 Å². The summed E-state index contributed by atoms with van der Waals surface area (Å²) in [7, 11) is 3.56. The first kappa shape index (κ1) is 33.0. The quantitative estimate of drug-likeness (QED) is 0.183. The van der Waals surface area contributed by atoms with Gasteiger partial charge in [-0.2, -0.15) is 0 Å². The summed E-state index contributed by atoms with van der Waals surface area (Å²) in [4.78, 5) is 49.9. The number of carbonyl (C=O) groups is 3. The predicted molar refractivity (Wildman–Crippen MR) is 187 cm³/mol. The number of hydrogen-bond donors (Lipinski definition) is 1. The maximum atomic E-state index is 14.7. The Hall–Kier alpha value is -5.16. The molecule has 258 valence electrons. The van der Waals surface area contributed by atoms with E-state index in [0.29, 0.717) is 16.1 Å². The Morgan fingerprint density at radius 1 is 0.941 bits per heavy atom. The number of halogens is 1. The Labute approximate surface area is 299 Å². The highest BCUT2D eigenvalue weighted by atomic mass is 35.5. The Bertz CT molecular complexity index is 2160. The molecule has 0 saturated heterocycles. The molecule has 2 aromatic heterocycles. The molecule has 51 heavy (non-hydrogen) atoms. The first-order valence-corrected chi connectivity index (χ1v) is 17.2. The van der Waals surface area contributed by atoms with Crippen LogP contribution in [-0.2, 0) is 24.4 Å². The number of nitrogens with zero attached hydrogens (tertiary/aromatic N) is 3. The largest absolute Gasteiger partial charge is 0.488 e. The molecule has 0 spiro atoms. The summed E-state index contributed by atoms with van der Waals surface area (Å²) in [5.74, 6) is -4.69. The van der Waals surface area contributed by atoms with Gasteiger partial charge < -0.3 is 19.1 Å². The lowest BCUT2D eigenvalue weighted by atomic mass is 9.54. The molecule has 8 rings (SSSR count). The number of aliphatic hydroxyl groups is 1. The molecule has 3 aromatic carbocycles. The molecule has 0 amide bonds. The number of benzene rings is 3. The number of pyridine rings is 1. The third kappa shape index (κ3) is 5.37. The fraction of sp³-hybridized carbons (Fsp3) is 0.275. The standard InChI is InChI=1S/C40H34ClN3O7/c1-44(2)34-28-17-25-16-27-31(29(49-20-22-10-5-3-6-11-22)18-26(33(27)41)24-14-9-15-42-19-24)35(45)30(25)37(46)40(28,48)38(47)32-36(34)51-43-39(32)50-21-23-12-7-4-8-13-23/h3-15,18-19,25,28,30,34,48H,16-17,20-21H2,1-2H3. The van der Waals surface area contributed by atoms with Gasteiger partial charge in [-0.3, -0.25) is 24.3 Å². The first-order chi connectivity index (χ1) is 24.7. The SMILES string of the molecule is CN(C)C1c2onc(OCc3ccccc3)c2C(=O)C2(O)C(=O)C3C(=O)c4c(OCc5ccccc5)cc(-c5cccnc5)c(Cl)c4CC3CC12. The van der Waals surface area contributed by atoms with Gasteiger partial charge in [0.1, 0.15) is 24.5 Å². The molecular formula is C40H34ClN3O7. The van der Waals surface area contributed by atoms with Gasteiger partial charge in [-0.05, 0) is 66.8 Å². The van der Waals surface area contributed by atoms with Gasteiger partial charge in [0.05, 0.1) is 22.5 Å². The van der Waals surface area contributed by atoms with Crippen LogP contribution in [-0.4, -0.2) is 57.2 Å². The highest BCUT2D eigenvalue weighted by Crippen LogP contribution is 2.56. The van der Waals surface area contributed by atoms with E-state index in [2.05, 4.69) is 10.1 Å². The predicted octanol–water partition coefficient (Wildman–Crippen LogP) is 6.34. The molecule has 5 atom stereocenters. The summed E-state index contributed by atoms with van der Waals surface area (Å²) in [5.41, 5.74) is 1.23. The van der Waals surface area contributed by atoms with Crippen LogP contribution in [0.25, 0.3) is 11.1 Å². The van der Waals surface area contributed by atoms with Crippen molar-refractivity contribution in [1.82, 2.24) is 15.0 Å². The highest BCUT2D eigenvalue weighted by Gasteiger charge is 2.67. The zero-order chi connectivity index (χ0) is 35.4. The van der Waals surface area contributed by atoms with Crippen molar-refractivity contribution in [1.29, 1.82) is 0 Å². The molecule has 11 heteroatoms. The van der Waals surface area contributed by atoms with Gasteiger partial charge in [-0.25, -0.2) is 0 Å². The molecule has 0 aliphatic heterocycles. The molecule has 5 aromatic rings. The van der Waals surface area contributed by atoms with E-state index in [1.807, 2.05) is 66.7 Å². The average Bonchev–Trinajstić information content (AvgIpc) is 3.56. The van der Waals surface area contributed by atoms with Gasteiger partial charge in [0.2, 0.25) is 5.78 Å². The second-order valence-electron chi connectivity index (χ2n) is 13.6. The molecule has 5 unspecified atom stereocenters. The third-order valence-electron chi connectivity index (χ3n) is 10.4. The van der Waals surface area contributed by atoms with Crippen LogP contribution >= 0.6 is 11.6 Å². The molecule has 10 nitrogen and oxygen atoms in total. The second-order valence-corrected chi connectivity index (χ2v) is 14.0. The monoisotopic (exact) mass is 703 g/mol. The van der Waals surface area contributed by atoms with Crippen molar-refractivity contribution in [3.05, 3.63) is 130 Å². The van der Waals surface area contributed by atoms with E-state index in [0.717, 1.165) is 16.7 Å². The summed E-state index contributed by atoms with van der Waals surface area (Å²) in [6.07, 6.45) is 3.77. The van der Waals surface area contributed by atoms with Crippen molar-refractivity contribution in [3.63, 3.8) is 0 Å². The minimum absolute atomic E-state index is 0.0864. The van der Waals surface area contributed by atoms with Gasteiger partial charge in [0.25, 0.3) is 5.88 Å². The number of Topliss-reactive ketones (excluding diaryl/α,β-unsaturated/α-hetero) is 3. The highest BCUT2D eigenvalue weighted by molar-refractivity contribution is 6.35. The van der Waals surface area contributed by atoms with Crippen LogP contribution in [0, 0.1) is 17.8 Å². The fourth-order valence-electron chi connectivity index (χ4n) is 8.08.